The number of aliphatic carboxylic acids is 1. The van der Waals surface area contributed by atoms with Crippen LogP contribution < -0.4 is 15.5 Å². The van der Waals surface area contributed by atoms with Crippen LogP contribution >= 0.6 is 0 Å². The van der Waals surface area contributed by atoms with Gasteiger partial charge in [0.25, 0.3) is 0 Å². The number of carbonyl (C=O) groups is 2. The molecular weight excluding hydrogens is 296 g/mol. The van der Waals surface area contributed by atoms with Crippen molar-refractivity contribution in [1.29, 1.82) is 0 Å². The summed E-state index contributed by atoms with van der Waals surface area (Å²) < 4.78 is 27.4. The Kier molecular flexibility index (Phi) is 5.13. The molecule has 0 aliphatic carbocycles. The summed E-state index contributed by atoms with van der Waals surface area (Å²) in [6, 6.07) is 2.96. The third kappa shape index (κ3) is 4.06. The SMILES string of the molecule is O=C(O)CCNC(=O)NC1CCN(c2c(F)cccc2F)C1. The number of hydrogen-bond acceptors (Lipinski definition) is 3. The van der Waals surface area contributed by atoms with Crippen molar-refractivity contribution in [2.24, 2.45) is 0 Å². The lowest BCUT2D eigenvalue weighted by Crippen LogP contribution is -2.44. The number of rotatable bonds is 5. The van der Waals surface area contributed by atoms with Crippen LogP contribution in [0.2, 0.25) is 0 Å². The Balaban J connectivity index is 1.85. The number of carbonyl (C=O) groups excluding carboxylic acids is 1. The molecule has 120 valence electrons. The smallest absolute Gasteiger partial charge is 0.315 e. The van der Waals surface area contributed by atoms with Crippen LogP contribution in [0.1, 0.15) is 12.8 Å². The molecule has 1 atom stereocenters. The molecule has 8 heteroatoms. The maximum absolute atomic E-state index is 13.7. The van der Waals surface area contributed by atoms with E-state index in [0.29, 0.717) is 19.5 Å². The highest BCUT2D eigenvalue weighted by molar-refractivity contribution is 5.75. The second kappa shape index (κ2) is 7.06. The van der Waals surface area contributed by atoms with Gasteiger partial charge in [-0.1, -0.05) is 6.07 Å². The Morgan fingerprint density at radius 2 is 2.00 bits per heavy atom. The normalized spacial score (nSPS) is 17.4. The Morgan fingerprint density at radius 3 is 2.64 bits per heavy atom. The molecule has 3 N–H and O–H groups in total. The first-order valence-corrected chi connectivity index (χ1v) is 6.92. The zero-order valence-electron chi connectivity index (χ0n) is 11.8. The Labute approximate surface area is 126 Å². The van der Waals surface area contributed by atoms with Crippen molar-refractivity contribution in [1.82, 2.24) is 10.6 Å². The van der Waals surface area contributed by atoms with E-state index in [1.54, 1.807) is 4.90 Å². The van der Waals surface area contributed by atoms with E-state index in [2.05, 4.69) is 10.6 Å². The molecule has 1 aliphatic rings. The fraction of sp³-hybridized carbons (Fsp3) is 0.429. The number of amides is 2. The number of carboxylic acids is 1. The lowest BCUT2D eigenvalue weighted by Gasteiger charge is -2.20. The van der Waals surface area contributed by atoms with E-state index >= 15 is 0 Å². The average Bonchev–Trinajstić information content (AvgIpc) is 2.86. The largest absolute Gasteiger partial charge is 0.481 e. The molecule has 1 aromatic rings. The Hall–Kier alpha value is -2.38. The number of nitrogens with one attached hydrogen (secondary N) is 2. The van der Waals surface area contributed by atoms with Gasteiger partial charge in [-0.05, 0) is 18.6 Å². The van der Waals surface area contributed by atoms with Gasteiger partial charge >= 0.3 is 12.0 Å². The van der Waals surface area contributed by atoms with Gasteiger partial charge in [0, 0.05) is 25.7 Å². The van der Waals surface area contributed by atoms with E-state index in [-0.39, 0.29) is 24.7 Å². The number of urea groups is 1. The van der Waals surface area contributed by atoms with Crippen molar-refractivity contribution in [3.63, 3.8) is 0 Å². The van der Waals surface area contributed by atoms with Crippen LogP contribution in [0.25, 0.3) is 0 Å². The number of hydrogen-bond donors (Lipinski definition) is 3. The third-order valence-electron chi connectivity index (χ3n) is 3.40. The minimum atomic E-state index is -0.998. The first-order chi connectivity index (χ1) is 10.5. The van der Waals surface area contributed by atoms with Gasteiger partial charge in [0.05, 0.1) is 6.42 Å². The number of anilines is 1. The van der Waals surface area contributed by atoms with Gasteiger partial charge in [0.15, 0.2) is 0 Å². The number of para-hydroxylation sites is 1. The van der Waals surface area contributed by atoms with Crippen molar-refractivity contribution < 1.29 is 23.5 Å². The summed E-state index contributed by atoms with van der Waals surface area (Å²) in [6.45, 7) is 0.752. The summed E-state index contributed by atoms with van der Waals surface area (Å²) in [5.74, 6) is -2.26. The van der Waals surface area contributed by atoms with Crippen LogP contribution in [0.15, 0.2) is 18.2 Å². The van der Waals surface area contributed by atoms with E-state index in [0.717, 1.165) is 0 Å². The lowest BCUT2D eigenvalue weighted by atomic mass is 10.2. The minimum Gasteiger partial charge on any atom is -0.481 e. The van der Waals surface area contributed by atoms with E-state index in [4.69, 9.17) is 5.11 Å². The van der Waals surface area contributed by atoms with Gasteiger partial charge in [-0.15, -0.1) is 0 Å². The fourth-order valence-corrected chi connectivity index (χ4v) is 2.39. The molecule has 22 heavy (non-hydrogen) atoms. The van der Waals surface area contributed by atoms with Crippen LogP contribution in [-0.4, -0.2) is 42.8 Å². The molecule has 0 aromatic heterocycles. The van der Waals surface area contributed by atoms with E-state index in [9.17, 15) is 18.4 Å². The molecule has 1 saturated heterocycles. The summed E-state index contributed by atoms with van der Waals surface area (Å²) in [7, 11) is 0. The average molecular weight is 313 g/mol. The van der Waals surface area contributed by atoms with Crippen molar-refractivity contribution in [3.8, 4) is 0 Å². The van der Waals surface area contributed by atoms with Gasteiger partial charge in [-0.3, -0.25) is 4.79 Å². The van der Waals surface area contributed by atoms with Crippen LogP contribution in [0.3, 0.4) is 0 Å². The molecule has 0 saturated carbocycles. The van der Waals surface area contributed by atoms with Crippen molar-refractivity contribution in [2.45, 2.75) is 18.9 Å². The van der Waals surface area contributed by atoms with E-state index in [1.807, 2.05) is 0 Å². The molecule has 2 amide bonds. The summed E-state index contributed by atoms with van der Waals surface area (Å²) >= 11 is 0. The van der Waals surface area contributed by atoms with Gasteiger partial charge in [-0.25, -0.2) is 13.6 Å². The molecule has 0 spiro atoms. The van der Waals surface area contributed by atoms with Gasteiger partial charge < -0.3 is 20.6 Å². The van der Waals surface area contributed by atoms with Crippen LogP contribution in [0.4, 0.5) is 19.3 Å². The van der Waals surface area contributed by atoms with Crippen molar-refractivity contribution in [3.05, 3.63) is 29.8 Å². The van der Waals surface area contributed by atoms with Gasteiger partial charge in [-0.2, -0.15) is 0 Å². The monoisotopic (exact) mass is 313 g/mol. The molecule has 1 unspecified atom stereocenters. The van der Waals surface area contributed by atoms with Crippen LogP contribution in [0, 0.1) is 11.6 Å². The number of halogens is 2. The Morgan fingerprint density at radius 1 is 1.32 bits per heavy atom. The minimum absolute atomic E-state index is 0.0273. The molecule has 2 rings (SSSR count). The maximum atomic E-state index is 13.7. The zero-order chi connectivity index (χ0) is 16.1. The van der Waals surface area contributed by atoms with Gasteiger partial charge in [0.2, 0.25) is 0 Å². The molecular formula is C14H17F2N3O3. The predicted molar refractivity (Wildman–Crippen MR) is 75.8 cm³/mol. The topological polar surface area (TPSA) is 81.7 Å². The molecule has 1 fully saturated rings. The van der Waals surface area contributed by atoms with Crippen LogP contribution in [-0.2, 0) is 4.79 Å². The maximum Gasteiger partial charge on any atom is 0.315 e. The number of benzene rings is 1. The lowest BCUT2D eigenvalue weighted by molar-refractivity contribution is -0.136. The van der Waals surface area contributed by atoms with Gasteiger partial charge in [0.1, 0.15) is 17.3 Å². The quantitative estimate of drug-likeness (QED) is 0.766. The van der Waals surface area contributed by atoms with Crippen molar-refractivity contribution >= 4 is 17.7 Å². The third-order valence-corrected chi connectivity index (χ3v) is 3.40. The number of nitrogens with zero attached hydrogens (tertiary/aromatic N) is 1. The molecule has 6 nitrogen and oxygen atoms in total. The van der Waals surface area contributed by atoms with Crippen LogP contribution in [0.5, 0.6) is 0 Å². The summed E-state index contributed by atoms with van der Waals surface area (Å²) in [6.07, 6.45) is 0.394. The summed E-state index contributed by atoms with van der Waals surface area (Å²) in [5, 5.41) is 13.6. The molecule has 1 aromatic carbocycles. The highest BCUT2D eigenvalue weighted by Gasteiger charge is 2.27. The second-order valence-electron chi connectivity index (χ2n) is 5.05. The van der Waals surface area contributed by atoms with Crippen molar-refractivity contribution in [2.75, 3.05) is 24.5 Å². The molecule has 0 bridgehead atoms. The standard InChI is InChI=1S/C14H17F2N3O3/c15-10-2-1-3-11(16)13(10)19-7-5-9(8-19)18-14(22)17-6-4-12(20)21/h1-3,9H,4-8H2,(H,20,21)(H2,17,18,22). The highest BCUT2D eigenvalue weighted by atomic mass is 19.1. The first-order valence-electron chi connectivity index (χ1n) is 6.92. The van der Waals surface area contributed by atoms with E-state index in [1.165, 1.54) is 18.2 Å². The predicted octanol–water partition coefficient (Wildman–Crippen LogP) is 1.32. The second-order valence-corrected chi connectivity index (χ2v) is 5.05. The zero-order valence-corrected chi connectivity index (χ0v) is 11.8. The Bertz CT molecular complexity index is 548. The number of carboxylic acid groups (broad SMARTS) is 1. The summed E-state index contributed by atoms with van der Waals surface area (Å²) in [4.78, 5) is 23.5. The molecule has 1 aliphatic heterocycles. The summed E-state index contributed by atoms with van der Waals surface area (Å²) in [5.41, 5.74) is -0.0851. The molecule has 1 heterocycles. The molecule has 0 radical (unpaired) electrons. The fourth-order valence-electron chi connectivity index (χ4n) is 2.39. The van der Waals surface area contributed by atoms with E-state index < -0.39 is 23.6 Å². The highest BCUT2D eigenvalue weighted by Crippen LogP contribution is 2.26. The first kappa shape index (κ1) is 16.0.